The van der Waals surface area contributed by atoms with Crippen LogP contribution < -0.4 is 5.32 Å². The molecular formula is C9H19NO2. The minimum Gasteiger partial charge on any atom is -0.393 e. The third kappa shape index (κ3) is 2.73. The van der Waals surface area contributed by atoms with E-state index in [-0.39, 0.29) is 6.10 Å². The van der Waals surface area contributed by atoms with Crippen molar-refractivity contribution in [2.24, 2.45) is 0 Å². The van der Waals surface area contributed by atoms with Crippen molar-refractivity contribution in [2.45, 2.75) is 44.3 Å². The first-order valence-electron chi connectivity index (χ1n) is 4.77. The Bertz CT molecular complexity index is 125. The van der Waals surface area contributed by atoms with Gasteiger partial charge in [-0.05, 0) is 32.2 Å². The van der Waals surface area contributed by atoms with E-state index < -0.39 is 5.60 Å². The van der Waals surface area contributed by atoms with Crippen LogP contribution in [0.4, 0.5) is 0 Å². The van der Waals surface area contributed by atoms with Gasteiger partial charge in [0.2, 0.25) is 0 Å². The topological polar surface area (TPSA) is 52.5 Å². The molecule has 0 aromatic rings. The highest BCUT2D eigenvalue weighted by Crippen LogP contribution is 2.27. The highest BCUT2D eigenvalue weighted by Gasteiger charge is 2.31. The second-order valence-electron chi connectivity index (χ2n) is 3.74. The minimum absolute atomic E-state index is 0.188. The maximum atomic E-state index is 9.95. The van der Waals surface area contributed by atoms with E-state index >= 15 is 0 Å². The lowest BCUT2D eigenvalue weighted by Gasteiger charge is -2.34. The zero-order chi connectivity index (χ0) is 9.03. The van der Waals surface area contributed by atoms with Crippen molar-refractivity contribution in [1.82, 2.24) is 5.32 Å². The molecular weight excluding hydrogens is 154 g/mol. The molecule has 0 aliphatic heterocycles. The van der Waals surface area contributed by atoms with E-state index in [9.17, 15) is 10.2 Å². The molecule has 0 amide bonds. The van der Waals surface area contributed by atoms with Crippen LogP contribution in [-0.2, 0) is 0 Å². The zero-order valence-corrected chi connectivity index (χ0v) is 7.71. The molecule has 0 unspecified atom stereocenters. The Morgan fingerprint density at radius 2 is 2.00 bits per heavy atom. The lowest BCUT2D eigenvalue weighted by molar-refractivity contribution is -0.0299. The van der Waals surface area contributed by atoms with E-state index in [1.165, 1.54) is 0 Å². The molecule has 1 aliphatic carbocycles. The summed E-state index contributed by atoms with van der Waals surface area (Å²) in [6, 6.07) is 0. The van der Waals surface area contributed by atoms with Gasteiger partial charge < -0.3 is 15.5 Å². The molecule has 0 aromatic carbocycles. The van der Waals surface area contributed by atoms with Gasteiger partial charge in [-0.15, -0.1) is 0 Å². The smallest absolute Gasteiger partial charge is 0.0773 e. The standard InChI is InChI=1S/C9H19NO2/c1-2-10-7-9(12)5-3-8(11)4-6-9/h8,10-12H,2-7H2,1H3. The summed E-state index contributed by atoms with van der Waals surface area (Å²) in [6.45, 7) is 3.59. The van der Waals surface area contributed by atoms with Crippen LogP contribution in [0.5, 0.6) is 0 Å². The van der Waals surface area contributed by atoms with Crippen molar-refractivity contribution >= 4 is 0 Å². The largest absolute Gasteiger partial charge is 0.393 e. The third-order valence-corrected chi connectivity index (χ3v) is 2.59. The zero-order valence-electron chi connectivity index (χ0n) is 7.71. The van der Waals surface area contributed by atoms with Gasteiger partial charge in [0.1, 0.15) is 0 Å². The van der Waals surface area contributed by atoms with Crippen LogP contribution in [-0.4, -0.2) is 35.0 Å². The fourth-order valence-electron chi connectivity index (χ4n) is 1.67. The predicted octanol–water partition coefficient (Wildman–Crippen LogP) is 0.262. The van der Waals surface area contributed by atoms with E-state index in [0.29, 0.717) is 6.54 Å². The summed E-state index contributed by atoms with van der Waals surface area (Å²) in [6.07, 6.45) is 2.73. The van der Waals surface area contributed by atoms with Gasteiger partial charge in [0, 0.05) is 6.54 Å². The summed E-state index contributed by atoms with van der Waals surface area (Å²) in [5.41, 5.74) is -0.560. The molecule has 0 saturated heterocycles. The molecule has 12 heavy (non-hydrogen) atoms. The third-order valence-electron chi connectivity index (χ3n) is 2.59. The highest BCUT2D eigenvalue weighted by molar-refractivity contribution is 4.86. The summed E-state index contributed by atoms with van der Waals surface area (Å²) >= 11 is 0. The first-order valence-corrected chi connectivity index (χ1v) is 4.77. The fraction of sp³-hybridized carbons (Fsp3) is 1.00. The molecule has 0 atom stereocenters. The Morgan fingerprint density at radius 3 is 2.50 bits per heavy atom. The highest BCUT2D eigenvalue weighted by atomic mass is 16.3. The first kappa shape index (κ1) is 9.96. The van der Waals surface area contributed by atoms with Gasteiger partial charge in [0.15, 0.2) is 0 Å². The van der Waals surface area contributed by atoms with Crippen molar-refractivity contribution in [3.8, 4) is 0 Å². The summed E-state index contributed by atoms with van der Waals surface area (Å²) < 4.78 is 0. The van der Waals surface area contributed by atoms with Gasteiger partial charge >= 0.3 is 0 Å². The molecule has 0 aromatic heterocycles. The minimum atomic E-state index is -0.560. The van der Waals surface area contributed by atoms with Gasteiger partial charge in [0.05, 0.1) is 11.7 Å². The maximum Gasteiger partial charge on any atom is 0.0773 e. The average molecular weight is 173 g/mol. The molecule has 1 fully saturated rings. The van der Waals surface area contributed by atoms with Gasteiger partial charge in [-0.25, -0.2) is 0 Å². The van der Waals surface area contributed by atoms with E-state index in [1.54, 1.807) is 0 Å². The monoisotopic (exact) mass is 173 g/mol. The second kappa shape index (κ2) is 4.21. The number of aliphatic hydroxyl groups excluding tert-OH is 1. The quantitative estimate of drug-likeness (QED) is 0.574. The van der Waals surface area contributed by atoms with Crippen LogP contribution in [0.15, 0.2) is 0 Å². The summed E-state index contributed by atoms with van der Waals surface area (Å²) in [7, 11) is 0. The van der Waals surface area contributed by atoms with Gasteiger partial charge in [0.25, 0.3) is 0 Å². The Hall–Kier alpha value is -0.120. The van der Waals surface area contributed by atoms with E-state index in [1.807, 2.05) is 6.92 Å². The Labute approximate surface area is 73.8 Å². The molecule has 3 N–H and O–H groups in total. The molecule has 0 heterocycles. The number of likely N-dealkylation sites (N-methyl/N-ethyl adjacent to an activating group) is 1. The molecule has 1 rings (SSSR count). The molecule has 0 radical (unpaired) electrons. The number of rotatable bonds is 3. The predicted molar refractivity (Wildman–Crippen MR) is 48.0 cm³/mol. The van der Waals surface area contributed by atoms with Gasteiger partial charge in [-0.1, -0.05) is 6.92 Å². The number of hydrogen-bond donors (Lipinski definition) is 3. The van der Waals surface area contributed by atoms with Crippen LogP contribution >= 0.6 is 0 Å². The van der Waals surface area contributed by atoms with Gasteiger partial charge in [-0.3, -0.25) is 0 Å². The number of nitrogens with one attached hydrogen (secondary N) is 1. The maximum absolute atomic E-state index is 9.95. The molecule has 0 spiro atoms. The van der Waals surface area contributed by atoms with Crippen LogP contribution in [0, 0.1) is 0 Å². The van der Waals surface area contributed by atoms with Crippen LogP contribution in [0.2, 0.25) is 0 Å². The molecule has 1 aliphatic rings. The van der Waals surface area contributed by atoms with Crippen molar-refractivity contribution in [2.75, 3.05) is 13.1 Å². The Kier molecular flexibility index (Phi) is 3.50. The summed E-state index contributed by atoms with van der Waals surface area (Å²) in [4.78, 5) is 0. The van der Waals surface area contributed by atoms with Crippen molar-refractivity contribution in [1.29, 1.82) is 0 Å². The molecule has 0 bridgehead atoms. The number of aliphatic hydroxyl groups is 2. The van der Waals surface area contributed by atoms with Crippen molar-refractivity contribution < 1.29 is 10.2 Å². The number of hydrogen-bond acceptors (Lipinski definition) is 3. The Morgan fingerprint density at radius 1 is 1.42 bits per heavy atom. The summed E-state index contributed by atoms with van der Waals surface area (Å²) in [5.74, 6) is 0. The van der Waals surface area contributed by atoms with E-state index in [4.69, 9.17) is 0 Å². The van der Waals surface area contributed by atoms with E-state index in [0.717, 1.165) is 32.2 Å². The van der Waals surface area contributed by atoms with Crippen molar-refractivity contribution in [3.05, 3.63) is 0 Å². The molecule has 3 heteroatoms. The molecule has 3 nitrogen and oxygen atoms in total. The molecule has 72 valence electrons. The lowest BCUT2D eigenvalue weighted by atomic mass is 9.83. The molecule has 1 saturated carbocycles. The van der Waals surface area contributed by atoms with Crippen LogP contribution in [0.25, 0.3) is 0 Å². The summed E-state index contributed by atoms with van der Waals surface area (Å²) in [5, 5.41) is 22.3. The fourth-order valence-corrected chi connectivity index (χ4v) is 1.67. The normalized spacial score (nSPS) is 36.8. The van der Waals surface area contributed by atoms with Gasteiger partial charge in [-0.2, -0.15) is 0 Å². The first-order chi connectivity index (χ1) is 5.66. The average Bonchev–Trinajstić information content (AvgIpc) is 2.08. The Balaban J connectivity index is 2.29. The van der Waals surface area contributed by atoms with Crippen LogP contribution in [0.1, 0.15) is 32.6 Å². The SMILES string of the molecule is CCNCC1(O)CCC(O)CC1. The van der Waals surface area contributed by atoms with E-state index in [2.05, 4.69) is 5.32 Å². The second-order valence-corrected chi connectivity index (χ2v) is 3.74. The lowest BCUT2D eigenvalue weighted by Crippen LogP contribution is -2.44. The van der Waals surface area contributed by atoms with Crippen molar-refractivity contribution in [3.63, 3.8) is 0 Å². The van der Waals surface area contributed by atoms with Crippen LogP contribution in [0.3, 0.4) is 0 Å².